The van der Waals surface area contributed by atoms with Crippen molar-refractivity contribution in [1.82, 2.24) is 0 Å². The van der Waals surface area contributed by atoms with Crippen LogP contribution < -0.4 is 5.73 Å². The van der Waals surface area contributed by atoms with Crippen molar-refractivity contribution < 1.29 is 58.7 Å². The Morgan fingerprint density at radius 3 is 1.21 bits per heavy atom. The first-order chi connectivity index (χ1) is 20.4. The molecule has 248 valence electrons. The standard InChI is InChI=1S/C30H51NO12/c1-2-3-4-5-8-11-14-23(42-27(36)19-21(29(38)39)17-25(32)33)24(15-12-9-6-7-10-13-16-31)43-28(37)20-22(30(40)41)18-26(34)35/h21-24H,2-20,31H2,1H3,(H,32,33)(H,34,35)(H,38,39)(H,40,41)/t21?,22?,23-,24-/m1/s1. The van der Waals surface area contributed by atoms with E-state index >= 15 is 0 Å². The molecule has 0 fully saturated rings. The number of unbranched alkanes of at least 4 members (excludes halogenated alkanes) is 10. The molecule has 0 saturated heterocycles. The molecule has 0 aliphatic carbocycles. The van der Waals surface area contributed by atoms with Crippen molar-refractivity contribution in [2.75, 3.05) is 6.54 Å². The highest BCUT2D eigenvalue weighted by Crippen LogP contribution is 2.23. The largest absolute Gasteiger partial charge is 0.481 e. The highest BCUT2D eigenvalue weighted by atomic mass is 16.6. The fourth-order valence-corrected chi connectivity index (χ4v) is 4.72. The van der Waals surface area contributed by atoms with Gasteiger partial charge in [0, 0.05) is 0 Å². The second kappa shape index (κ2) is 24.2. The Morgan fingerprint density at radius 2 is 0.884 bits per heavy atom. The fraction of sp³-hybridized carbons (Fsp3) is 0.800. The fourth-order valence-electron chi connectivity index (χ4n) is 4.72. The van der Waals surface area contributed by atoms with Crippen LogP contribution in [0.3, 0.4) is 0 Å². The van der Waals surface area contributed by atoms with Gasteiger partial charge in [-0.1, -0.05) is 64.7 Å². The summed E-state index contributed by atoms with van der Waals surface area (Å²) < 4.78 is 11.3. The van der Waals surface area contributed by atoms with E-state index in [9.17, 15) is 39.0 Å². The molecule has 13 nitrogen and oxygen atoms in total. The molecule has 0 aromatic rings. The van der Waals surface area contributed by atoms with Crippen LogP contribution in [0.5, 0.6) is 0 Å². The molecule has 0 aromatic carbocycles. The molecular formula is C30H51NO12. The third-order valence-corrected chi connectivity index (χ3v) is 7.13. The lowest BCUT2D eigenvalue weighted by Gasteiger charge is -2.28. The van der Waals surface area contributed by atoms with Crippen LogP contribution in [-0.4, -0.2) is 75.0 Å². The third-order valence-electron chi connectivity index (χ3n) is 7.13. The molecule has 2 unspecified atom stereocenters. The van der Waals surface area contributed by atoms with Gasteiger partial charge in [-0.3, -0.25) is 28.8 Å². The number of aliphatic carboxylic acids is 4. The van der Waals surface area contributed by atoms with Crippen LogP contribution in [0.1, 0.15) is 122 Å². The van der Waals surface area contributed by atoms with Gasteiger partial charge in [-0.05, 0) is 38.6 Å². The third kappa shape index (κ3) is 21.2. The van der Waals surface area contributed by atoms with Gasteiger partial charge in [0.1, 0.15) is 12.2 Å². The molecule has 0 bridgehead atoms. The van der Waals surface area contributed by atoms with E-state index in [-0.39, 0.29) is 6.42 Å². The first-order valence-electron chi connectivity index (χ1n) is 15.4. The predicted octanol–water partition coefficient (Wildman–Crippen LogP) is 4.38. The van der Waals surface area contributed by atoms with Gasteiger partial charge in [0.15, 0.2) is 0 Å². The molecule has 0 aliphatic rings. The second-order valence-electron chi connectivity index (χ2n) is 11.0. The molecule has 0 rings (SSSR count). The zero-order chi connectivity index (χ0) is 32.6. The lowest BCUT2D eigenvalue weighted by atomic mass is 9.98. The van der Waals surface area contributed by atoms with Gasteiger partial charge in [-0.2, -0.15) is 0 Å². The SMILES string of the molecule is CCCCCCCC[C@@H](OC(=O)CC(CC(=O)O)C(=O)O)[C@@H](CCCCCCCCN)OC(=O)CC(CC(=O)O)C(=O)O. The molecule has 0 saturated carbocycles. The van der Waals surface area contributed by atoms with Gasteiger partial charge >= 0.3 is 35.8 Å². The number of nitrogens with two attached hydrogens (primary N) is 1. The Hall–Kier alpha value is -3.22. The number of hydrogen-bond donors (Lipinski definition) is 5. The number of carboxylic acids is 4. The highest BCUT2D eigenvalue weighted by molar-refractivity contribution is 5.83. The first-order valence-corrected chi connectivity index (χ1v) is 15.4. The van der Waals surface area contributed by atoms with Gasteiger partial charge < -0.3 is 35.6 Å². The topological polar surface area (TPSA) is 228 Å². The van der Waals surface area contributed by atoms with Gasteiger partial charge in [0.25, 0.3) is 0 Å². The van der Waals surface area contributed by atoms with Gasteiger partial charge in [-0.25, -0.2) is 0 Å². The summed E-state index contributed by atoms with van der Waals surface area (Å²) in [6.07, 6.45) is 6.39. The maximum atomic E-state index is 12.8. The molecule has 0 amide bonds. The molecule has 13 heteroatoms. The van der Waals surface area contributed by atoms with Crippen LogP contribution in [0.25, 0.3) is 0 Å². The summed E-state index contributed by atoms with van der Waals surface area (Å²) in [6.45, 7) is 2.70. The number of carbonyl (C=O) groups is 6. The minimum Gasteiger partial charge on any atom is -0.481 e. The summed E-state index contributed by atoms with van der Waals surface area (Å²) in [7, 11) is 0. The highest BCUT2D eigenvalue weighted by Gasteiger charge is 2.33. The van der Waals surface area contributed by atoms with E-state index in [1.807, 2.05) is 0 Å². The zero-order valence-corrected chi connectivity index (χ0v) is 25.4. The number of carboxylic acid groups (broad SMARTS) is 4. The summed E-state index contributed by atoms with van der Waals surface area (Å²) in [5.74, 6) is -10.6. The summed E-state index contributed by atoms with van der Waals surface area (Å²) in [6, 6.07) is 0. The molecule has 43 heavy (non-hydrogen) atoms. The van der Waals surface area contributed by atoms with E-state index in [0.29, 0.717) is 25.8 Å². The zero-order valence-electron chi connectivity index (χ0n) is 25.4. The van der Waals surface area contributed by atoms with Crippen LogP contribution in [0.4, 0.5) is 0 Å². The molecule has 0 heterocycles. The number of hydrogen-bond acceptors (Lipinski definition) is 9. The molecule has 0 aliphatic heterocycles. The number of rotatable bonds is 28. The summed E-state index contributed by atoms with van der Waals surface area (Å²) in [5, 5.41) is 36.7. The van der Waals surface area contributed by atoms with E-state index in [1.54, 1.807) is 0 Å². The maximum Gasteiger partial charge on any atom is 0.307 e. The van der Waals surface area contributed by atoms with Crippen molar-refractivity contribution in [3.63, 3.8) is 0 Å². The van der Waals surface area contributed by atoms with Gasteiger partial charge in [-0.15, -0.1) is 0 Å². The van der Waals surface area contributed by atoms with Crippen LogP contribution >= 0.6 is 0 Å². The lowest BCUT2D eigenvalue weighted by molar-refractivity contribution is -0.173. The Bertz CT molecular complexity index is 862. The van der Waals surface area contributed by atoms with E-state index in [4.69, 9.17) is 25.4 Å². The maximum absolute atomic E-state index is 12.8. The number of carbonyl (C=O) groups excluding carboxylic acids is 2. The van der Waals surface area contributed by atoms with Crippen molar-refractivity contribution in [3.05, 3.63) is 0 Å². The quantitative estimate of drug-likeness (QED) is 0.0607. The van der Waals surface area contributed by atoms with Crippen LogP contribution in [0.15, 0.2) is 0 Å². The van der Waals surface area contributed by atoms with Gasteiger partial charge in [0.2, 0.25) is 0 Å². The van der Waals surface area contributed by atoms with Crippen LogP contribution in [-0.2, 0) is 38.2 Å². The van der Waals surface area contributed by atoms with Crippen molar-refractivity contribution in [1.29, 1.82) is 0 Å². The van der Waals surface area contributed by atoms with E-state index in [2.05, 4.69) is 6.92 Å². The second-order valence-corrected chi connectivity index (χ2v) is 11.0. The molecule has 0 radical (unpaired) electrons. The van der Waals surface area contributed by atoms with Gasteiger partial charge in [0.05, 0.1) is 37.5 Å². The Kier molecular flexibility index (Phi) is 22.4. The summed E-state index contributed by atoms with van der Waals surface area (Å²) in [4.78, 5) is 70.8. The number of ether oxygens (including phenoxy) is 2. The van der Waals surface area contributed by atoms with Crippen molar-refractivity contribution in [2.45, 2.75) is 135 Å². The van der Waals surface area contributed by atoms with Crippen LogP contribution in [0.2, 0.25) is 0 Å². The Labute approximate surface area is 253 Å². The summed E-state index contributed by atoms with van der Waals surface area (Å²) in [5.41, 5.74) is 5.53. The average Bonchev–Trinajstić information content (AvgIpc) is 2.91. The molecule has 0 aromatic heterocycles. The molecule has 6 N–H and O–H groups in total. The average molecular weight is 618 g/mol. The number of esters is 2. The van der Waals surface area contributed by atoms with Crippen molar-refractivity contribution >= 4 is 35.8 Å². The molecule has 4 atom stereocenters. The van der Waals surface area contributed by atoms with E-state index < -0.39 is 85.5 Å². The predicted molar refractivity (Wildman–Crippen MR) is 155 cm³/mol. The Morgan fingerprint density at radius 1 is 0.535 bits per heavy atom. The van der Waals surface area contributed by atoms with E-state index in [0.717, 1.165) is 64.2 Å². The van der Waals surface area contributed by atoms with Crippen molar-refractivity contribution in [3.8, 4) is 0 Å². The lowest BCUT2D eigenvalue weighted by Crippen LogP contribution is -2.37. The minimum atomic E-state index is -1.50. The smallest absolute Gasteiger partial charge is 0.307 e. The Balaban J connectivity index is 5.78. The van der Waals surface area contributed by atoms with Crippen LogP contribution in [0, 0.1) is 11.8 Å². The normalized spacial score (nSPS) is 13.8. The minimum absolute atomic E-state index is 0.282. The first kappa shape index (κ1) is 39.8. The monoisotopic (exact) mass is 617 g/mol. The molecule has 0 spiro atoms. The van der Waals surface area contributed by atoms with E-state index in [1.165, 1.54) is 0 Å². The summed E-state index contributed by atoms with van der Waals surface area (Å²) >= 11 is 0. The van der Waals surface area contributed by atoms with Crippen molar-refractivity contribution in [2.24, 2.45) is 17.6 Å². The molecular weight excluding hydrogens is 566 g/mol.